The first-order chi connectivity index (χ1) is 7.13. The van der Waals surface area contributed by atoms with E-state index in [-0.39, 0.29) is 6.04 Å². The maximum Gasteiger partial charge on any atom is 0.0186 e. The van der Waals surface area contributed by atoms with Gasteiger partial charge in [0.15, 0.2) is 0 Å². The predicted octanol–water partition coefficient (Wildman–Crippen LogP) is 3.84. The lowest BCUT2D eigenvalue weighted by atomic mass is 10.1. The topological polar surface area (TPSA) is 26.0 Å². The number of benzene rings is 1. The second kappa shape index (κ2) is 6.56. The molecule has 0 aliphatic carbocycles. The summed E-state index contributed by atoms with van der Waals surface area (Å²) in [5.41, 5.74) is 7.21. The van der Waals surface area contributed by atoms with E-state index in [1.54, 1.807) is 0 Å². The van der Waals surface area contributed by atoms with Gasteiger partial charge in [-0.2, -0.15) is 0 Å². The molecule has 1 nitrogen and oxygen atoms in total. The molecule has 0 saturated carbocycles. The Kier molecular flexibility index (Phi) is 5.72. The number of hydrogen-bond donors (Lipinski definition) is 1. The van der Waals surface area contributed by atoms with Crippen molar-refractivity contribution >= 4 is 27.7 Å². The highest BCUT2D eigenvalue weighted by molar-refractivity contribution is 9.10. The van der Waals surface area contributed by atoms with E-state index in [2.05, 4.69) is 48.0 Å². The van der Waals surface area contributed by atoms with Crippen LogP contribution in [0.3, 0.4) is 0 Å². The molecule has 15 heavy (non-hydrogen) atoms. The van der Waals surface area contributed by atoms with E-state index in [0.29, 0.717) is 0 Å². The summed E-state index contributed by atoms with van der Waals surface area (Å²) in [4.78, 5) is 1.36. The van der Waals surface area contributed by atoms with Crippen LogP contribution in [0.1, 0.15) is 25.8 Å². The lowest BCUT2D eigenvalue weighted by Crippen LogP contribution is -2.18. The summed E-state index contributed by atoms with van der Waals surface area (Å²) >= 11 is 5.43. The van der Waals surface area contributed by atoms with Crippen LogP contribution in [0, 0.1) is 0 Å². The van der Waals surface area contributed by atoms with Gasteiger partial charge in [-0.15, -0.1) is 11.8 Å². The molecule has 0 spiro atoms. The average Bonchev–Trinajstić information content (AvgIpc) is 2.18. The maximum absolute atomic E-state index is 5.84. The van der Waals surface area contributed by atoms with Crippen molar-refractivity contribution in [3.8, 4) is 0 Å². The molecule has 0 aliphatic heterocycles. The molecule has 2 N–H and O–H groups in total. The Labute approximate surface area is 105 Å². The minimum absolute atomic E-state index is 0.229. The van der Waals surface area contributed by atoms with Crippen LogP contribution in [0.25, 0.3) is 0 Å². The van der Waals surface area contributed by atoms with Gasteiger partial charge in [-0.25, -0.2) is 0 Å². The molecule has 0 saturated heterocycles. The normalized spacial score (nSPS) is 12.8. The monoisotopic (exact) mass is 287 g/mol. The molecule has 1 atom stereocenters. The van der Waals surface area contributed by atoms with Crippen molar-refractivity contribution in [2.45, 2.75) is 37.6 Å². The Bertz CT molecular complexity index is 312. The molecule has 0 amide bonds. The van der Waals surface area contributed by atoms with Gasteiger partial charge in [0, 0.05) is 15.4 Å². The molecule has 84 valence electrons. The predicted molar refractivity (Wildman–Crippen MR) is 72.5 cm³/mol. The van der Waals surface area contributed by atoms with Gasteiger partial charge in [0.25, 0.3) is 0 Å². The van der Waals surface area contributed by atoms with E-state index >= 15 is 0 Å². The molecular weight excluding hydrogens is 270 g/mol. The Morgan fingerprint density at radius 3 is 2.80 bits per heavy atom. The SMILES string of the molecule is CCCSc1cc(Br)ccc1CC(C)N. The van der Waals surface area contributed by atoms with Gasteiger partial charge in [0.2, 0.25) is 0 Å². The molecule has 0 aliphatic rings. The van der Waals surface area contributed by atoms with Crippen LogP contribution in [-0.2, 0) is 6.42 Å². The fourth-order valence-electron chi connectivity index (χ4n) is 1.39. The lowest BCUT2D eigenvalue weighted by Gasteiger charge is -2.11. The van der Waals surface area contributed by atoms with Crippen LogP contribution in [-0.4, -0.2) is 11.8 Å². The third-order valence-corrected chi connectivity index (χ3v) is 3.83. The van der Waals surface area contributed by atoms with Gasteiger partial charge in [-0.05, 0) is 43.2 Å². The van der Waals surface area contributed by atoms with Crippen LogP contribution in [0.15, 0.2) is 27.6 Å². The van der Waals surface area contributed by atoms with E-state index < -0.39 is 0 Å². The molecule has 3 heteroatoms. The van der Waals surface area contributed by atoms with Crippen molar-refractivity contribution in [3.05, 3.63) is 28.2 Å². The van der Waals surface area contributed by atoms with Gasteiger partial charge < -0.3 is 5.73 Å². The molecular formula is C12H18BrNS. The van der Waals surface area contributed by atoms with E-state index in [4.69, 9.17) is 5.73 Å². The van der Waals surface area contributed by atoms with Gasteiger partial charge in [0.1, 0.15) is 0 Å². The van der Waals surface area contributed by atoms with E-state index in [1.807, 2.05) is 11.8 Å². The molecule has 1 aromatic carbocycles. The molecule has 0 bridgehead atoms. The standard InChI is InChI=1S/C12H18BrNS/c1-3-6-15-12-8-11(13)5-4-10(12)7-9(2)14/h4-5,8-9H,3,6-7,14H2,1-2H3. The Hall–Kier alpha value is 0.01000. The molecule has 1 unspecified atom stereocenters. The third-order valence-electron chi connectivity index (χ3n) is 2.03. The zero-order valence-electron chi connectivity index (χ0n) is 9.29. The summed E-state index contributed by atoms with van der Waals surface area (Å²) in [6.45, 7) is 4.26. The number of halogens is 1. The van der Waals surface area contributed by atoms with Crippen molar-refractivity contribution in [1.82, 2.24) is 0 Å². The smallest absolute Gasteiger partial charge is 0.0186 e. The second-order valence-corrected chi connectivity index (χ2v) is 5.83. The van der Waals surface area contributed by atoms with Crippen molar-refractivity contribution in [1.29, 1.82) is 0 Å². The van der Waals surface area contributed by atoms with Crippen LogP contribution in [0.4, 0.5) is 0 Å². The minimum atomic E-state index is 0.229. The van der Waals surface area contributed by atoms with E-state index in [9.17, 15) is 0 Å². The van der Waals surface area contributed by atoms with Crippen molar-refractivity contribution in [2.24, 2.45) is 5.73 Å². The zero-order chi connectivity index (χ0) is 11.3. The number of rotatable bonds is 5. The lowest BCUT2D eigenvalue weighted by molar-refractivity contribution is 0.729. The summed E-state index contributed by atoms with van der Waals surface area (Å²) in [7, 11) is 0. The second-order valence-electron chi connectivity index (χ2n) is 3.78. The fraction of sp³-hybridized carbons (Fsp3) is 0.500. The van der Waals surface area contributed by atoms with Crippen molar-refractivity contribution < 1.29 is 0 Å². The highest BCUT2D eigenvalue weighted by Crippen LogP contribution is 2.27. The van der Waals surface area contributed by atoms with Crippen molar-refractivity contribution in [3.63, 3.8) is 0 Å². The number of thioether (sulfide) groups is 1. The summed E-state index contributed by atoms with van der Waals surface area (Å²) in [5, 5.41) is 0. The quantitative estimate of drug-likeness (QED) is 0.833. The first-order valence-electron chi connectivity index (χ1n) is 5.30. The molecule has 0 fully saturated rings. The summed E-state index contributed by atoms with van der Waals surface area (Å²) < 4.78 is 1.15. The van der Waals surface area contributed by atoms with Gasteiger partial charge in [-0.3, -0.25) is 0 Å². The van der Waals surface area contributed by atoms with Crippen LogP contribution in [0.2, 0.25) is 0 Å². The Morgan fingerprint density at radius 2 is 2.20 bits per heavy atom. The van der Waals surface area contributed by atoms with E-state index in [1.165, 1.54) is 22.6 Å². The first kappa shape index (κ1) is 13.1. The van der Waals surface area contributed by atoms with Crippen molar-refractivity contribution in [2.75, 3.05) is 5.75 Å². The molecule has 0 radical (unpaired) electrons. The minimum Gasteiger partial charge on any atom is -0.328 e. The van der Waals surface area contributed by atoms with Crippen LogP contribution >= 0.6 is 27.7 Å². The summed E-state index contributed by atoms with van der Waals surface area (Å²) in [6, 6.07) is 6.68. The molecule has 1 rings (SSSR count). The summed E-state index contributed by atoms with van der Waals surface area (Å²) in [6.07, 6.45) is 2.16. The zero-order valence-corrected chi connectivity index (χ0v) is 11.7. The highest BCUT2D eigenvalue weighted by Gasteiger charge is 2.05. The van der Waals surface area contributed by atoms with Crippen LogP contribution in [0.5, 0.6) is 0 Å². The number of nitrogens with two attached hydrogens (primary N) is 1. The third kappa shape index (κ3) is 4.58. The molecule has 0 heterocycles. The molecule has 1 aromatic rings. The number of hydrogen-bond acceptors (Lipinski definition) is 2. The van der Waals surface area contributed by atoms with E-state index in [0.717, 1.165) is 10.9 Å². The molecule has 0 aromatic heterocycles. The average molecular weight is 288 g/mol. The largest absolute Gasteiger partial charge is 0.328 e. The highest BCUT2D eigenvalue weighted by atomic mass is 79.9. The first-order valence-corrected chi connectivity index (χ1v) is 7.08. The van der Waals surface area contributed by atoms with Gasteiger partial charge in [0.05, 0.1) is 0 Å². The van der Waals surface area contributed by atoms with Crippen LogP contribution < -0.4 is 5.73 Å². The van der Waals surface area contributed by atoms with Gasteiger partial charge in [-0.1, -0.05) is 28.9 Å². The maximum atomic E-state index is 5.84. The Balaban J connectivity index is 2.82. The summed E-state index contributed by atoms with van der Waals surface area (Å²) in [5.74, 6) is 1.17. The fourth-order valence-corrected chi connectivity index (χ4v) is 2.87. The van der Waals surface area contributed by atoms with Gasteiger partial charge >= 0.3 is 0 Å². The Morgan fingerprint density at radius 1 is 1.47 bits per heavy atom.